The van der Waals surface area contributed by atoms with Crippen LogP contribution in [0.4, 0.5) is 5.69 Å². The van der Waals surface area contributed by atoms with Crippen molar-refractivity contribution in [3.63, 3.8) is 0 Å². The molecule has 0 aliphatic heterocycles. The van der Waals surface area contributed by atoms with Crippen molar-refractivity contribution in [2.24, 2.45) is 5.92 Å². The molecular weight excluding hydrogens is 378 g/mol. The molecule has 1 heterocycles. The number of benzene rings is 3. The molecule has 3 heteroatoms. The molecule has 5 rings (SSSR count). The van der Waals surface area contributed by atoms with Crippen molar-refractivity contribution in [1.29, 1.82) is 0 Å². The van der Waals surface area contributed by atoms with Crippen molar-refractivity contribution in [1.82, 2.24) is 10.3 Å². The minimum atomic E-state index is 0.962. The molecule has 0 unspecified atom stereocenters. The van der Waals surface area contributed by atoms with E-state index >= 15 is 0 Å². The molecule has 1 aromatic heterocycles. The van der Waals surface area contributed by atoms with Crippen molar-refractivity contribution in [2.75, 3.05) is 25.0 Å². The van der Waals surface area contributed by atoms with Crippen molar-refractivity contribution in [2.45, 2.75) is 44.9 Å². The molecule has 0 radical (unpaired) electrons. The Kier molecular flexibility index (Phi) is 6.31. The van der Waals surface area contributed by atoms with Gasteiger partial charge in [0.05, 0.1) is 16.7 Å². The summed E-state index contributed by atoms with van der Waals surface area (Å²) in [6, 6.07) is 21.5. The molecule has 4 aromatic rings. The summed E-state index contributed by atoms with van der Waals surface area (Å²) in [5, 5.41) is 12.3. The van der Waals surface area contributed by atoms with Crippen LogP contribution in [0.2, 0.25) is 0 Å². The minimum absolute atomic E-state index is 0.962. The molecule has 3 aromatic carbocycles. The number of nitrogens with one attached hydrogen (secondary N) is 2. The van der Waals surface area contributed by atoms with Gasteiger partial charge < -0.3 is 10.6 Å². The fraction of sp³-hybridized carbons (Fsp3) is 0.393. The summed E-state index contributed by atoms with van der Waals surface area (Å²) < 4.78 is 0. The average Bonchev–Trinajstić information content (AvgIpc) is 2.83. The van der Waals surface area contributed by atoms with Gasteiger partial charge in [-0.05, 0) is 43.3 Å². The van der Waals surface area contributed by atoms with E-state index in [9.17, 15) is 0 Å². The summed E-state index contributed by atoms with van der Waals surface area (Å²) in [5.74, 6) is 0.962. The van der Waals surface area contributed by atoms with Gasteiger partial charge >= 0.3 is 0 Å². The molecule has 1 aliphatic carbocycles. The van der Waals surface area contributed by atoms with E-state index in [1.807, 2.05) is 0 Å². The first kappa shape index (κ1) is 20.3. The Morgan fingerprint density at radius 1 is 0.742 bits per heavy atom. The lowest BCUT2D eigenvalue weighted by Gasteiger charge is -2.21. The van der Waals surface area contributed by atoms with Crippen LogP contribution in [-0.4, -0.2) is 24.6 Å². The molecule has 1 aliphatic rings. The first-order chi connectivity index (χ1) is 15.4. The zero-order valence-electron chi connectivity index (χ0n) is 18.4. The van der Waals surface area contributed by atoms with Gasteiger partial charge in [-0.1, -0.05) is 86.7 Å². The smallest absolute Gasteiger partial charge is 0.0808 e. The summed E-state index contributed by atoms with van der Waals surface area (Å²) in [6.07, 6.45) is 9.69. The minimum Gasteiger partial charge on any atom is -0.384 e. The Hall–Kier alpha value is -2.65. The fourth-order valence-corrected chi connectivity index (χ4v) is 5.15. The van der Waals surface area contributed by atoms with E-state index in [1.165, 1.54) is 65.8 Å². The fourth-order valence-electron chi connectivity index (χ4n) is 5.15. The van der Waals surface area contributed by atoms with Gasteiger partial charge in [0.25, 0.3) is 0 Å². The number of rotatable bonds is 8. The van der Waals surface area contributed by atoms with Crippen LogP contribution in [0.15, 0.2) is 60.7 Å². The van der Waals surface area contributed by atoms with Gasteiger partial charge in [0, 0.05) is 22.7 Å². The van der Waals surface area contributed by atoms with Crippen LogP contribution >= 0.6 is 0 Å². The molecule has 1 saturated carbocycles. The van der Waals surface area contributed by atoms with Gasteiger partial charge in [0.15, 0.2) is 0 Å². The highest BCUT2D eigenvalue weighted by Crippen LogP contribution is 2.34. The number of fused-ring (bicyclic) bond motifs is 4. The van der Waals surface area contributed by atoms with E-state index in [0.717, 1.165) is 43.0 Å². The highest BCUT2D eigenvalue weighted by Gasteiger charge is 2.13. The molecule has 0 saturated heterocycles. The zero-order chi connectivity index (χ0) is 20.9. The first-order valence-electron chi connectivity index (χ1n) is 12.0. The molecule has 1 fully saturated rings. The number of para-hydroxylation sites is 1. The molecule has 0 spiro atoms. The van der Waals surface area contributed by atoms with Gasteiger partial charge in [-0.25, -0.2) is 4.98 Å². The normalized spacial score (nSPS) is 15.1. The zero-order valence-corrected chi connectivity index (χ0v) is 18.4. The average molecular weight is 412 g/mol. The number of pyridine rings is 1. The summed E-state index contributed by atoms with van der Waals surface area (Å²) >= 11 is 0. The summed E-state index contributed by atoms with van der Waals surface area (Å²) in [6.45, 7) is 3.20. The van der Waals surface area contributed by atoms with Crippen molar-refractivity contribution in [3.8, 4) is 0 Å². The molecule has 0 atom stereocenters. The first-order valence-corrected chi connectivity index (χ1v) is 12.0. The van der Waals surface area contributed by atoms with Crippen LogP contribution in [-0.2, 0) is 0 Å². The van der Waals surface area contributed by atoms with E-state index in [2.05, 4.69) is 71.3 Å². The summed E-state index contributed by atoms with van der Waals surface area (Å²) in [7, 11) is 0. The molecule has 0 bridgehead atoms. The molecule has 3 nitrogen and oxygen atoms in total. The van der Waals surface area contributed by atoms with Crippen LogP contribution in [0.1, 0.15) is 44.9 Å². The maximum Gasteiger partial charge on any atom is 0.0808 e. The van der Waals surface area contributed by atoms with Crippen molar-refractivity contribution >= 4 is 38.3 Å². The molecule has 0 amide bonds. The van der Waals surface area contributed by atoms with Gasteiger partial charge in [-0.2, -0.15) is 0 Å². The Morgan fingerprint density at radius 3 is 2.45 bits per heavy atom. The highest BCUT2D eigenvalue weighted by molar-refractivity contribution is 6.15. The number of anilines is 1. The largest absolute Gasteiger partial charge is 0.384 e. The van der Waals surface area contributed by atoms with Crippen LogP contribution in [0.25, 0.3) is 32.6 Å². The van der Waals surface area contributed by atoms with Gasteiger partial charge in [-0.15, -0.1) is 0 Å². The predicted molar refractivity (Wildman–Crippen MR) is 134 cm³/mol. The molecule has 160 valence electrons. The number of hydrogen-bond donors (Lipinski definition) is 2. The second-order valence-corrected chi connectivity index (χ2v) is 9.01. The van der Waals surface area contributed by atoms with E-state index < -0.39 is 0 Å². The Bertz CT molecular complexity index is 1160. The van der Waals surface area contributed by atoms with Gasteiger partial charge in [0.1, 0.15) is 0 Å². The SMILES string of the molecule is c1ccc2c(c1)ccc1c(NCCCNCCC3CCCCC3)c3ccccc3nc12. The van der Waals surface area contributed by atoms with E-state index in [0.29, 0.717) is 0 Å². The summed E-state index contributed by atoms with van der Waals surface area (Å²) in [4.78, 5) is 5.03. The lowest BCUT2D eigenvalue weighted by Crippen LogP contribution is -2.22. The third-order valence-corrected chi connectivity index (χ3v) is 6.86. The second-order valence-electron chi connectivity index (χ2n) is 9.01. The van der Waals surface area contributed by atoms with Crippen molar-refractivity contribution in [3.05, 3.63) is 60.7 Å². The molecule has 31 heavy (non-hydrogen) atoms. The Morgan fingerprint density at radius 2 is 1.55 bits per heavy atom. The monoisotopic (exact) mass is 411 g/mol. The molecular formula is C28H33N3. The summed E-state index contributed by atoms with van der Waals surface area (Å²) in [5.41, 5.74) is 3.36. The van der Waals surface area contributed by atoms with Crippen LogP contribution in [0.3, 0.4) is 0 Å². The number of aromatic nitrogens is 1. The van der Waals surface area contributed by atoms with Crippen LogP contribution in [0, 0.1) is 5.92 Å². The molecule has 2 N–H and O–H groups in total. The lowest BCUT2D eigenvalue weighted by atomic mass is 9.87. The lowest BCUT2D eigenvalue weighted by molar-refractivity contribution is 0.334. The number of nitrogens with zero attached hydrogens (tertiary/aromatic N) is 1. The van der Waals surface area contributed by atoms with Crippen LogP contribution in [0.5, 0.6) is 0 Å². The Balaban J connectivity index is 1.27. The topological polar surface area (TPSA) is 37.0 Å². The van der Waals surface area contributed by atoms with E-state index in [1.54, 1.807) is 0 Å². The predicted octanol–water partition coefficient (Wildman–Crippen LogP) is 6.90. The maximum absolute atomic E-state index is 5.03. The number of hydrogen-bond acceptors (Lipinski definition) is 3. The highest BCUT2D eigenvalue weighted by atomic mass is 14.9. The third-order valence-electron chi connectivity index (χ3n) is 6.86. The second kappa shape index (κ2) is 9.65. The van der Waals surface area contributed by atoms with E-state index in [-0.39, 0.29) is 0 Å². The standard InChI is InChI=1S/C28H33N3/c1-2-9-21(10-3-1)17-20-29-18-8-19-30-27-24-13-6-7-14-26(24)31-28-23-12-5-4-11-22(23)15-16-25(27)28/h4-7,11-16,21,29H,1-3,8-10,17-20H2,(H,30,31). The van der Waals surface area contributed by atoms with Gasteiger partial charge in [-0.3, -0.25) is 0 Å². The quantitative estimate of drug-likeness (QED) is 0.188. The van der Waals surface area contributed by atoms with E-state index in [4.69, 9.17) is 4.98 Å². The third kappa shape index (κ3) is 4.52. The van der Waals surface area contributed by atoms with Gasteiger partial charge in [0.2, 0.25) is 0 Å². The van der Waals surface area contributed by atoms with Crippen molar-refractivity contribution < 1.29 is 0 Å². The Labute approximate surface area is 185 Å². The maximum atomic E-state index is 5.03. The van der Waals surface area contributed by atoms with Crippen LogP contribution < -0.4 is 10.6 Å².